The van der Waals surface area contributed by atoms with Crippen LogP contribution in [0.2, 0.25) is 0 Å². The number of halogens is 3. The van der Waals surface area contributed by atoms with Gasteiger partial charge >= 0.3 is 6.18 Å². The topological polar surface area (TPSA) is 55.5 Å². The fourth-order valence-corrected chi connectivity index (χ4v) is 3.28. The monoisotopic (exact) mass is 402 g/mol. The predicted molar refractivity (Wildman–Crippen MR) is 99.7 cm³/mol. The van der Waals surface area contributed by atoms with Gasteiger partial charge in [-0.15, -0.1) is 0 Å². The van der Waals surface area contributed by atoms with Crippen LogP contribution in [-0.4, -0.2) is 46.8 Å². The second kappa shape index (κ2) is 7.57. The van der Waals surface area contributed by atoms with E-state index < -0.39 is 11.7 Å². The van der Waals surface area contributed by atoms with E-state index in [9.17, 15) is 18.0 Å². The van der Waals surface area contributed by atoms with E-state index >= 15 is 0 Å². The maximum Gasteiger partial charge on any atom is 0.419 e. The van der Waals surface area contributed by atoms with Gasteiger partial charge in [-0.05, 0) is 18.2 Å². The lowest BCUT2D eigenvalue weighted by molar-refractivity contribution is -0.367. The molecule has 0 unspecified atom stereocenters. The number of carbonyl (C=O) groups excluding carboxylic acids is 1. The summed E-state index contributed by atoms with van der Waals surface area (Å²) in [5.74, 6) is 0.491. The summed E-state index contributed by atoms with van der Waals surface area (Å²) < 4.78 is 39.7. The van der Waals surface area contributed by atoms with Crippen LogP contribution in [0, 0.1) is 0 Å². The first-order valence-corrected chi connectivity index (χ1v) is 9.15. The van der Waals surface area contributed by atoms with E-state index in [-0.39, 0.29) is 5.91 Å². The summed E-state index contributed by atoms with van der Waals surface area (Å²) in [6, 6.07) is 12.0. The molecule has 150 valence electrons. The van der Waals surface area contributed by atoms with Gasteiger partial charge in [-0.2, -0.15) is 18.3 Å². The molecule has 4 rings (SSSR count). The van der Waals surface area contributed by atoms with E-state index in [1.54, 1.807) is 22.0 Å². The highest BCUT2D eigenvalue weighted by Crippen LogP contribution is 2.28. The van der Waals surface area contributed by atoms with Gasteiger partial charge in [0.1, 0.15) is 19.3 Å². The smallest absolute Gasteiger partial charge is 0.331 e. The number of H-pyrrole nitrogens is 1. The lowest BCUT2D eigenvalue weighted by Crippen LogP contribution is -2.50. The molecule has 9 heteroatoms. The Morgan fingerprint density at radius 2 is 1.72 bits per heavy atom. The van der Waals surface area contributed by atoms with Gasteiger partial charge in [-0.25, -0.2) is 9.67 Å². The van der Waals surface area contributed by atoms with E-state index in [0.29, 0.717) is 37.6 Å². The van der Waals surface area contributed by atoms with Crippen LogP contribution in [0.4, 0.5) is 19.0 Å². The second-order valence-electron chi connectivity index (χ2n) is 6.75. The van der Waals surface area contributed by atoms with Crippen LogP contribution < -0.4 is 9.88 Å². The Morgan fingerprint density at radius 3 is 2.34 bits per heavy atom. The van der Waals surface area contributed by atoms with Crippen LogP contribution in [0.5, 0.6) is 0 Å². The highest BCUT2D eigenvalue weighted by Gasteiger charge is 2.33. The minimum Gasteiger partial charge on any atom is -0.331 e. The molecule has 6 nitrogen and oxygen atoms in total. The van der Waals surface area contributed by atoms with Crippen molar-refractivity contribution in [2.75, 3.05) is 31.1 Å². The Balaban J connectivity index is 1.38. The Morgan fingerprint density at radius 1 is 1.00 bits per heavy atom. The third kappa shape index (κ3) is 4.08. The fourth-order valence-electron chi connectivity index (χ4n) is 3.28. The van der Waals surface area contributed by atoms with Crippen molar-refractivity contribution >= 4 is 11.7 Å². The molecule has 29 heavy (non-hydrogen) atoms. The molecule has 1 aliphatic heterocycles. The zero-order chi connectivity index (χ0) is 20.4. The number of amides is 1. The standard InChI is InChI=1S/C20H18F3N5O/c21-20(22,23)16-6-7-18(24-13-16)26-8-10-27(11-9-26)19(29)15-12-25-28(14-15)17-4-2-1-3-5-17/h1-7,12-14H,8-11H2/p+1. The molecule has 1 saturated heterocycles. The third-order valence-corrected chi connectivity index (χ3v) is 4.88. The number of nitrogens with one attached hydrogen (secondary N) is 1. The van der Waals surface area contributed by atoms with Crippen molar-refractivity contribution < 1.29 is 22.9 Å². The second-order valence-corrected chi connectivity index (χ2v) is 6.75. The van der Waals surface area contributed by atoms with Crippen LogP contribution in [0.25, 0.3) is 5.69 Å². The largest absolute Gasteiger partial charge is 0.419 e. The van der Waals surface area contributed by atoms with Gasteiger partial charge in [-0.1, -0.05) is 18.2 Å². The summed E-state index contributed by atoms with van der Waals surface area (Å²) in [6.07, 6.45) is -0.159. The first-order chi connectivity index (χ1) is 13.9. The van der Waals surface area contributed by atoms with Crippen molar-refractivity contribution in [3.63, 3.8) is 0 Å². The number of aromatic amines is 1. The molecule has 1 amide bonds. The molecular formula is C20H19F3N5O+. The molecule has 3 aromatic rings. The highest BCUT2D eigenvalue weighted by atomic mass is 19.4. The van der Waals surface area contributed by atoms with E-state index in [0.717, 1.165) is 18.0 Å². The van der Waals surface area contributed by atoms with E-state index in [1.807, 2.05) is 35.2 Å². The van der Waals surface area contributed by atoms with Crippen molar-refractivity contribution in [3.05, 3.63) is 72.2 Å². The number of carbonyl (C=O) groups is 1. The molecule has 0 bridgehead atoms. The van der Waals surface area contributed by atoms with Crippen molar-refractivity contribution in [1.29, 1.82) is 0 Å². The average Bonchev–Trinajstić information content (AvgIpc) is 3.24. The third-order valence-electron chi connectivity index (χ3n) is 4.88. The van der Waals surface area contributed by atoms with Gasteiger partial charge in [0, 0.05) is 12.3 Å². The number of hydrogen-bond donors (Lipinski definition) is 0. The zero-order valence-corrected chi connectivity index (χ0v) is 15.4. The van der Waals surface area contributed by atoms with Gasteiger partial charge in [0.25, 0.3) is 11.7 Å². The number of alkyl halides is 3. The van der Waals surface area contributed by atoms with Crippen molar-refractivity contribution in [3.8, 4) is 5.69 Å². The number of benzene rings is 1. The summed E-state index contributed by atoms with van der Waals surface area (Å²) >= 11 is 0. The van der Waals surface area contributed by atoms with Crippen LogP contribution >= 0.6 is 0 Å². The number of rotatable bonds is 3. The summed E-state index contributed by atoms with van der Waals surface area (Å²) in [6.45, 7) is 2.01. The quantitative estimate of drug-likeness (QED) is 0.677. The minimum absolute atomic E-state index is 0.108. The lowest BCUT2D eigenvalue weighted by Gasteiger charge is -2.30. The van der Waals surface area contributed by atoms with Gasteiger partial charge in [-0.3, -0.25) is 9.69 Å². The van der Waals surface area contributed by atoms with Crippen LogP contribution in [0.15, 0.2) is 61.1 Å². The average molecular weight is 402 g/mol. The minimum atomic E-state index is -4.37. The molecule has 1 aliphatic rings. The van der Waals surface area contributed by atoms with Gasteiger partial charge < -0.3 is 4.90 Å². The number of piperazine rings is 1. The van der Waals surface area contributed by atoms with Gasteiger partial charge in [0.15, 0.2) is 0 Å². The molecule has 0 saturated carbocycles. The number of pyridine rings is 1. The predicted octanol–water partition coefficient (Wildman–Crippen LogP) is 2.67. The highest BCUT2D eigenvalue weighted by molar-refractivity contribution is 5.94. The van der Waals surface area contributed by atoms with E-state index in [2.05, 4.69) is 10.1 Å². The molecule has 1 aromatic carbocycles. The molecule has 0 radical (unpaired) electrons. The van der Waals surface area contributed by atoms with Crippen molar-refractivity contribution in [1.82, 2.24) is 14.7 Å². The van der Waals surface area contributed by atoms with E-state index in [1.165, 1.54) is 6.07 Å². The Kier molecular flexibility index (Phi) is 4.96. The molecule has 1 N–H and O–H groups in total. The SMILES string of the molecule is O=C(c1cnn(-c2ccccc2)c1)N1CCN(c2ccc(C(F)(F)F)c[nH+]2)CC1. The lowest BCUT2D eigenvalue weighted by atomic mass is 10.2. The molecule has 0 atom stereocenters. The summed E-state index contributed by atoms with van der Waals surface area (Å²) in [5, 5.41) is 4.25. The van der Waals surface area contributed by atoms with Crippen LogP contribution in [-0.2, 0) is 6.18 Å². The maximum absolute atomic E-state index is 12.8. The Hall–Kier alpha value is -3.36. The Labute approximate surface area is 165 Å². The molecular weight excluding hydrogens is 383 g/mol. The number of anilines is 1. The van der Waals surface area contributed by atoms with Crippen molar-refractivity contribution in [2.24, 2.45) is 0 Å². The zero-order valence-electron chi connectivity index (χ0n) is 15.4. The first kappa shape index (κ1) is 19.0. The number of nitrogens with zero attached hydrogens (tertiary/aromatic N) is 4. The fraction of sp³-hybridized carbons (Fsp3) is 0.250. The number of hydrogen-bond acceptors (Lipinski definition) is 3. The number of aromatic nitrogens is 3. The number of para-hydroxylation sites is 1. The molecule has 0 aliphatic carbocycles. The van der Waals surface area contributed by atoms with Crippen LogP contribution in [0.3, 0.4) is 0 Å². The molecule has 2 aromatic heterocycles. The summed E-state index contributed by atoms with van der Waals surface area (Å²) in [5.41, 5.74) is 0.656. The summed E-state index contributed by atoms with van der Waals surface area (Å²) in [7, 11) is 0. The molecule has 0 spiro atoms. The van der Waals surface area contributed by atoms with Crippen LogP contribution in [0.1, 0.15) is 15.9 Å². The van der Waals surface area contributed by atoms with E-state index in [4.69, 9.17) is 0 Å². The first-order valence-electron chi connectivity index (χ1n) is 9.15. The normalized spacial score (nSPS) is 14.9. The van der Waals surface area contributed by atoms with Gasteiger partial charge in [0.05, 0.1) is 36.1 Å². The van der Waals surface area contributed by atoms with Crippen molar-refractivity contribution in [2.45, 2.75) is 6.18 Å². The molecule has 1 fully saturated rings. The molecule has 3 heterocycles. The van der Waals surface area contributed by atoms with Gasteiger partial charge in [0.2, 0.25) is 0 Å². The Bertz CT molecular complexity index is 977. The maximum atomic E-state index is 12.8. The summed E-state index contributed by atoms with van der Waals surface area (Å²) in [4.78, 5) is 19.1.